The molecule has 0 atom stereocenters. The molecule has 0 saturated heterocycles. The van der Waals surface area contributed by atoms with Crippen LogP contribution in [-0.4, -0.2) is 33.4 Å². The summed E-state index contributed by atoms with van der Waals surface area (Å²) >= 11 is 5.91. The number of ether oxygens (including phenoxy) is 1. The van der Waals surface area contributed by atoms with Crippen LogP contribution in [-0.2, 0) is 11.3 Å². The molecular formula is C14H15Cl2N3O4. The molecule has 3 N–H and O–H groups in total. The molecule has 2 aromatic rings. The van der Waals surface area contributed by atoms with Gasteiger partial charge in [-0.05, 0) is 25.1 Å². The molecule has 0 aliphatic heterocycles. The number of aromatic carboxylic acids is 1. The van der Waals surface area contributed by atoms with E-state index in [9.17, 15) is 14.7 Å². The molecule has 0 aliphatic rings. The lowest BCUT2D eigenvalue weighted by atomic mass is 10.1. The summed E-state index contributed by atoms with van der Waals surface area (Å²) in [5.74, 6) is -1.96. The lowest BCUT2D eigenvalue weighted by molar-refractivity contribution is 0.0517. The van der Waals surface area contributed by atoms with Crippen LogP contribution in [0, 0.1) is 0 Å². The van der Waals surface area contributed by atoms with Gasteiger partial charge in [0.25, 0.3) is 0 Å². The largest absolute Gasteiger partial charge is 0.476 e. The number of rotatable bonds is 5. The molecule has 0 amide bonds. The lowest BCUT2D eigenvalue weighted by Crippen LogP contribution is -2.13. The number of esters is 1. The Bertz CT molecular complexity index is 731. The average molecular weight is 360 g/mol. The number of halogens is 2. The minimum absolute atomic E-state index is 0. The van der Waals surface area contributed by atoms with Crippen molar-refractivity contribution in [2.75, 3.05) is 6.61 Å². The van der Waals surface area contributed by atoms with Crippen LogP contribution in [0.1, 0.15) is 33.5 Å². The maximum absolute atomic E-state index is 11.9. The van der Waals surface area contributed by atoms with Crippen LogP contribution in [0.2, 0.25) is 5.02 Å². The lowest BCUT2D eigenvalue weighted by Gasteiger charge is -2.05. The van der Waals surface area contributed by atoms with E-state index in [0.717, 1.165) is 4.68 Å². The SMILES string of the molecule is CCOC(=O)c1nn(-c2cccc(Cl)c2)c(C(=O)O)c1CN.Cl. The zero-order valence-electron chi connectivity index (χ0n) is 12.2. The summed E-state index contributed by atoms with van der Waals surface area (Å²) in [7, 11) is 0. The van der Waals surface area contributed by atoms with Gasteiger partial charge >= 0.3 is 11.9 Å². The fourth-order valence-electron chi connectivity index (χ4n) is 2.02. The average Bonchev–Trinajstić information content (AvgIpc) is 2.87. The normalized spacial score (nSPS) is 10.0. The second-order valence-corrected chi connectivity index (χ2v) is 4.73. The monoisotopic (exact) mass is 359 g/mol. The molecule has 1 heterocycles. The Morgan fingerprint density at radius 3 is 2.65 bits per heavy atom. The predicted octanol–water partition coefficient (Wildman–Crippen LogP) is 2.28. The number of nitrogens with two attached hydrogens (primary N) is 1. The molecule has 0 unspecified atom stereocenters. The van der Waals surface area contributed by atoms with Crippen molar-refractivity contribution in [1.82, 2.24) is 9.78 Å². The molecule has 0 radical (unpaired) electrons. The van der Waals surface area contributed by atoms with Gasteiger partial charge in [-0.1, -0.05) is 17.7 Å². The number of carboxylic acid groups (broad SMARTS) is 1. The maximum Gasteiger partial charge on any atom is 0.359 e. The smallest absolute Gasteiger partial charge is 0.359 e. The zero-order valence-corrected chi connectivity index (χ0v) is 13.7. The van der Waals surface area contributed by atoms with Gasteiger partial charge in [-0.25, -0.2) is 14.3 Å². The number of carbonyl (C=O) groups is 2. The summed E-state index contributed by atoms with van der Waals surface area (Å²) in [4.78, 5) is 23.5. The molecule has 1 aromatic carbocycles. The van der Waals surface area contributed by atoms with E-state index in [2.05, 4.69) is 5.10 Å². The van der Waals surface area contributed by atoms with Crippen molar-refractivity contribution >= 4 is 35.9 Å². The van der Waals surface area contributed by atoms with E-state index in [0.29, 0.717) is 10.7 Å². The van der Waals surface area contributed by atoms with E-state index in [1.165, 1.54) is 6.07 Å². The van der Waals surface area contributed by atoms with Gasteiger partial charge < -0.3 is 15.6 Å². The Morgan fingerprint density at radius 2 is 2.13 bits per heavy atom. The number of benzene rings is 1. The Hall–Kier alpha value is -2.09. The molecule has 0 saturated carbocycles. The standard InChI is InChI=1S/C14H14ClN3O4.ClH/c1-2-22-14(21)11-10(7-16)12(13(19)20)18(17-11)9-5-3-4-8(15)6-9;/h3-6H,2,7,16H2,1H3,(H,19,20);1H. The van der Waals surface area contributed by atoms with E-state index < -0.39 is 11.9 Å². The van der Waals surface area contributed by atoms with Crippen LogP contribution < -0.4 is 5.73 Å². The second kappa shape index (κ2) is 7.96. The number of carboxylic acids is 1. The highest BCUT2D eigenvalue weighted by atomic mass is 35.5. The van der Waals surface area contributed by atoms with E-state index in [4.69, 9.17) is 22.1 Å². The third-order valence-electron chi connectivity index (χ3n) is 2.91. The Labute approximate surface area is 143 Å². The zero-order chi connectivity index (χ0) is 16.3. The van der Waals surface area contributed by atoms with E-state index >= 15 is 0 Å². The molecule has 7 nitrogen and oxygen atoms in total. The fourth-order valence-corrected chi connectivity index (χ4v) is 2.21. The summed E-state index contributed by atoms with van der Waals surface area (Å²) in [5.41, 5.74) is 5.83. The van der Waals surface area contributed by atoms with E-state index in [1.807, 2.05) is 0 Å². The minimum atomic E-state index is -1.25. The van der Waals surface area contributed by atoms with Gasteiger partial charge in [0.05, 0.1) is 12.3 Å². The van der Waals surface area contributed by atoms with Crippen molar-refractivity contribution in [1.29, 1.82) is 0 Å². The topological polar surface area (TPSA) is 107 Å². The molecule has 0 aliphatic carbocycles. The van der Waals surface area contributed by atoms with Gasteiger partial charge in [0.1, 0.15) is 0 Å². The Morgan fingerprint density at radius 1 is 1.43 bits per heavy atom. The summed E-state index contributed by atoms with van der Waals surface area (Å²) in [6, 6.07) is 6.46. The maximum atomic E-state index is 11.9. The van der Waals surface area contributed by atoms with Crippen LogP contribution in [0.25, 0.3) is 5.69 Å². The fraction of sp³-hybridized carbons (Fsp3) is 0.214. The molecule has 9 heteroatoms. The van der Waals surface area contributed by atoms with Crippen LogP contribution >= 0.6 is 24.0 Å². The van der Waals surface area contributed by atoms with Gasteiger partial charge in [-0.2, -0.15) is 5.10 Å². The van der Waals surface area contributed by atoms with Gasteiger partial charge in [0.15, 0.2) is 11.4 Å². The molecule has 0 bridgehead atoms. The highest BCUT2D eigenvalue weighted by Gasteiger charge is 2.27. The summed E-state index contributed by atoms with van der Waals surface area (Å²) < 4.78 is 6.02. The quantitative estimate of drug-likeness (QED) is 0.792. The van der Waals surface area contributed by atoms with Gasteiger partial charge in [0, 0.05) is 17.1 Å². The van der Waals surface area contributed by atoms with Crippen molar-refractivity contribution in [2.24, 2.45) is 5.73 Å². The summed E-state index contributed by atoms with van der Waals surface area (Å²) in [5, 5.41) is 13.9. The second-order valence-electron chi connectivity index (χ2n) is 4.30. The Balaban J connectivity index is 0.00000264. The van der Waals surface area contributed by atoms with Gasteiger partial charge in [0.2, 0.25) is 0 Å². The number of nitrogens with zero attached hydrogens (tertiary/aromatic N) is 2. The van der Waals surface area contributed by atoms with Crippen molar-refractivity contribution in [2.45, 2.75) is 13.5 Å². The number of hydrogen-bond acceptors (Lipinski definition) is 5. The van der Waals surface area contributed by atoms with E-state index in [1.54, 1.807) is 25.1 Å². The molecule has 124 valence electrons. The molecule has 0 fully saturated rings. The van der Waals surface area contributed by atoms with Gasteiger partial charge in [-0.3, -0.25) is 0 Å². The molecule has 0 spiro atoms. The first kappa shape index (κ1) is 19.0. The third-order valence-corrected chi connectivity index (χ3v) is 3.15. The first-order chi connectivity index (χ1) is 10.5. The first-order valence-electron chi connectivity index (χ1n) is 6.47. The summed E-state index contributed by atoms with van der Waals surface area (Å²) in [6.45, 7) is 1.64. The summed E-state index contributed by atoms with van der Waals surface area (Å²) in [6.07, 6.45) is 0. The minimum Gasteiger partial charge on any atom is -0.476 e. The van der Waals surface area contributed by atoms with Crippen molar-refractivity contribution in [3.63, 3.8) is 0 Å². The van der Waals surface area contributed by atoms with E-state index in [-0.39, 0.29) is 42.5 Å². The van der Waals surface area contributed by atoms with Crippen molar-refractivity contribution < 1.29 is 19.4 Å². The number of aromatic nitrogens is 2. The van der Waals surface area contributed by atoms with Crippen LogP contribution in [0.15, 0.2) is 24.3 Å². The van der Waals surface area contributed by atoms with Crippen LogP contribution in [0.5, 0.6) is 0 Å². The number of hydrogen-bond donors (Lipinski definition) is 2. The van der Waals surface area contributed by atoms with Crippen molar-refractivity contribution in [3.8, 4) is 5.69 Å². The Kier molecular flexibility index (Phi) is 6.56. The van der Waals surface area contributed by atoms with Crippen LogP contribution in [0.3, 0.4) is 0 Å². The third kappa shape index (κ3) is 3.82. The highest BCUT2D eigenvalue weighted by Crippen LogP contribution is 2.22. The first-order valence-corrected chi connectivity index (χ1v) is 6.85. The van der Waals surface area contributed by atoms with Crippen LogP contribution in [0.4, 0.5) is 0 Å². The predicted molar refractivity (Wildman–Crippen MR) is 86.6 cm³/mol. The molecule has 1 aromatic heterocycles. The van der Waals surface area contributed by atoms with Gasteiger partial charge in [-0.15, -0.1) is 12.4 Å². The van der Waals surface area contributed by atoms with Crippen molar-refractivity contribution in [3.05, 3.63) is 46.2 Å². The highest BCUT2D eigenvalue weighted by molar-refractivity contribution is 6.30. The molecule has 2 rings (SSSR count). The number of carbonyl (C=O) groups excluding carboxylic acids is 1. The molecular weight excluding hydrogens is 345 g/mol. The molecule has 23 heavy (non-hydrogen) atoms.